The Balaban J connectivity index is 1.05. The standard InChI is InChI=1S/C61H69N9O9/c1-77-54-18-10-17-47-55(54)45(35-63-47)34-49-57(72)67-51(37-68-29-27-62-28-30-68)58(73)66-50(33-41-19-23-46(24-20-41)79-38-42-13-6-3-7-14-42)60(75)70-36-44-16-9-8-15-43(44)22-26-52(70)61(76)69-31-32-78-39-53(69)59(74)64-48(56(71)65-49)25-21-40-11-4-2-5-12-40/h2-20,23-24,35,48-53,62-63H,21-22,25-34,36-39H2,1H3,(H,64,74)(H,65,71)(H,66,73)(H,67,72)/t48-,49-,50+,51+,52+,53+/m1/s1. The molecule has 4 aliphatic rings. The van der Waals surface area contributed by atoms with Crippen molar-refractivity contribution >= 4 is 46.3 Å². The van der Waals surface area contributed by atoms with Crippen molar-refractivity contribution in [3.05, 3.63) is 167 Å². The first kappa shape index (κ1) is 54.3. The number of carbonyl (C=O) groups excluding carboxylic acids is 6. The molecule has 6 atom stereocenters. The number of aryl methyl sites for hydroxylation is 2. The summed E-state index contributed by atoms with van der Waals surface area (Å²) in [7, 11) is 1.56. The Morgan fingerprint density at radius 1 is 0.595 bits per heavy atom. The minimum absolute atomic E-state index is 0.0188. The average Bonchev–Trinajstić information content (AvgIpc) is 3.87. The van der Waals surface area contributed by atoms with Crippen LogP contribution in [0, 0.1) is 0 Å². The highest BCUT2D eigenvalue weighted by molar-refractivity contribution is 5.99. The molecule has 5 aromatic carbocycles. The van der Waals surface area contributed by atoms with Gasteiger partial charge in [0.15, 0.2) is 0 Å². The first-order valence-electron chi connectivity index (χ1n) is 27.4. The third-order valence-corrected chi connectivity index (χ3v) is 15.5. The molecule has 5 heterocycles. The van der Waals surface area contributed by atoms with E-state index in [4.69, 9.17) is 14.2 Å². The van der Waals surface area contributed by atoms with Gasteiger partial charge in [-0.25, -0.2) is 0 Å². The van der Waals surface area contributed by atoms with Crippen molar-refractivity contribution in [2.45, 2.75) is 87.9 Å². The van der Waals surface area contributed by atoms with Gasteiger partial charge in [0.25, 0.3) is 0 Å². The van der Waals surface area contributed by atoms with E-state index in [-0.39, 0.29) is 58.5 Å². The van der Waals surface area contributed by atoms with E-state index in [0.29, 0.717) is 73.6 Å². The fourth-order valence-corrected chi connectivity index (χ4v) is 11.2. The number of aromatic amines is 1. The molecule has 18 heteroatoms. The smallest absolute Gasteiger partial charge is 0.246 e. The van der Waals surface area contributed by atoms with Crippen molar-refractivity contribution in [1.82, 2.24) is 46.3 Å². The molecular formula is C61H69N9O9. The number of H-pyrrole nitrogens is 1. The Hall–Kier alpha value is -8.06. The van der Waals surface area contributed by atoms with Crippen molar-refractivity contribution in [3.8, 4) is 11.5 Å². The second-order valence-corrected chi connectivity index (χ2v) is 20.8. The molecule has 0 spiro atoms. The van der Waals surface area contributed by atoms with Crippen LogP contribution < -0.4 is 36.1 Å². The Morgan fingerprint density at radius 2 is 1.27 bits per heavy atom. The number of amides is 6. The number of carbonyl (C=O) groups is 6. The number of fused-ring (bicyclic) bond motifs is 4. The Morgan fingerprint density at radius 3 is 2.03 bits per heavy atom. The molecule has 10 rings (SSSR count). The van der Waals surface area contributed by atoms with Gasteiger partial charge in [0.2, 0.25) is 35.4 Å². The lowest BCUT2D eigenvalue weighted by Gasteiger charge is -2.40. The van der Waals surface area contributed by atoms with Crippen LogP contribution in [-0.4, -0.2) is 151 Å². The van der Waals surface area contributed by atoms with Crippen molar-refractivity contribution in [2.75, 3.05) is 59.6 Å². The van der Waals surface area contributed by atoms with Crippen LogP contribution in [0.4, 0.5) is 0 Å². The summed E-state index contributed by atoms with van der Waals surface area (Å²) in [4.78, 5) is 100. The van der Waals surface area contributed by atoms with E-state index in [1.165, 1.54) is 4.90 Å². The summed E-state index contributed by atoms with van der Waals surface area (Å²) >= 11 is 0. The predicted octanol–water partition coefficient (Wildman–Crippen LogP) is 3.60. The van der Waals surface area contributed by atoms with Gasteiger partial charge < -0.3 is 55.6 Å². The molecule has 0 saturated carbocycles. The molecule has 1 aromatic heterocycles. The van der Waals surface area contributed by atoms with Gasteiger partial charge in [-0.3, -0.25) is 33.7 Å². The maximum Gasteiger partial charge on any atom is 0.246 e. The maximum absolute atomic E-state index is 15.8. The first-order valence-corrected chi connectivity index (χ1v) is 27.4. The van der Waals surface area contributed by atoms with E-state index in [1.54, 1.807) is 18.2 Å². The van der Waals surface area contributed by atoms with E-state index in [0.717, 1.165) is 27.8 Å². The van der Waals surface area contributed by atoms with E-state index in [2.05, 4.69) is 36.5 Å². The first-order chi connectivity index (χ1) is 38.6. The SMILES string of the molecule is COc1cccc2[nH]cc(C[C@H]3NC(=O)[C@@H](CCc4ccccc4)NC(=O)[C@@H]4COCCN4C(=O)[C@@H]4CCc5ccccc5CN4C(=O)[C@H](Cc4ccc(OCc5ccccc5)cc4)NC(=O)[C@H](CN4CCNCC4)NC3=O)c12. The molecule has 0 aliphatic carbocycles. The number of methoxy groups -OCH3 is 1. The Labute approximate surface area is 459 Å². The number of nitrogens with one attached hydrogen (secondary N) is 6. The molecular weight excluding hydrogens is 1000 g/mol. The van der Waals surface area contributed by atoms with E-state index in [9.17, 15) is 4.79 Å². The number of hydrogen-bond acceptors (Lipinski definition) is 11. The number of hydrogen-bond donors (Lipinski definition) is 6. The Kier molecular flexibility index (Phi) is 17.6. The van der Waals surface area contributed by atoms with Gasteiger partial charge in [0.05, 0.1) is 20.3 Å². The molecule has 79 heavy (non-hydrogen) atoms. The highest BCUT2D eigenvalue weighted by atomic mass is 16.5. The van der Waals surface area contributed by atoms with E-state index >= 15 is 24.0 Å². The lowest BCUT2D eigenvalue weighted by atomic mass is 9.99. The summed E-state index contributed by atoms with van der Waals surface area (Å²) in [5.74, 6) is -2.31. The molecule has 0 radical (unpaired) electrons. The molecule has 0 bridgehead atoms. The summed E-state index contributed by atoms with van der Waals surface area (Å²) in [6.45, 7) is 2.99. The fraction of sp³-hybridized carbons (Fsp3) is 0.377. The van der Waals surface area contributed by atoms with Crippen molar-refractivity contribution in [3.63, 3.8) is 0 Å². The quantitative estimate of drug-likeness (QED) is 0.0983. The number of nitrogens with zero attached hydrogens (tertiary/aromatic N) is 3. The number of rotatable bonds is 13. The van der Waals surface area contributed by atoms with Gasteiger partial charge >= 0.3 is 0 Å². The zero-order valence-corrected chi connectivity index (χ0v) is 44.5. The maximum atomic E-state index is 15.8. The number of benzene rings is 5. The van der Waals surface area contributed by atoms with Crippen LogP contribution >= 0.6 is 0 Å². The van der Waals surface area contributed by atoms with Gasteiger partial charge in [-0.15, -0.1) is 0 Å². The van der Waals surface area contributed by atoms with Gasteiger partial charge in [-0.05, 0) is 83.3 Å². The van der Waals surface area contributed by atoms with Gasteiger partial charge in [0.1, 0.15) is 54.4 Å². The monoisotopic (exact) mass is 1070 g/mol. The lowest BCUT2D eigenvalue weighted by Crippen LogP contribution is -2.65. The minimum atomic E-state index is -1.29. The third kappa shape index (κ3) is 13.3. The van der Waals surface area contributed by atoms with Crippen LogP contribution in [0.2, 0.25) is 0 Å². The molecule has 3 saturated heterocycles. The minimum Gasteiger partial charge on any atom is -0.496 e. The highest BCUT2D eigenvalue weighted by Gasteiger charge is 2.44. The second kappa shape index (κ2) is 25.6. The van der Waals surface area contributed by atoms with Crippen LogP contribution in [-0.2, 0) is 72.3 Å². The largest absolute Gasteiger partial charge is 0.496 e. The van der Waals surface area contributed by atoms with Gasteiger partial charge in [-0.2, -0.15) is 0 Å². The molecule has 4 aliphatic heterocycles. The highest BCUT2D eigenvalue weighted by Crippen LogP contribution is 2.31. The summed E-state index contributed by atoms with van der Waals surface area (Å²) < 4.78 is 17.8. The summed E-state index contributed by atoms with van der Waals surface area (Å²) in [6.07, 6.45) is 2.97. The van der Waals surface area contributed by atoms with Crippen LogP contribution in [0.5, 0.6) is 11.5 Å². The van der Waals surface area contributed by atoms with E-state index < -0.39 is 71.7 Å². The zero-order chi connectivity index (χ0) is 54.7. The predicted molar refractivity (Wildman–Crippen MR) is 297 cm³/mol. The fourth-order valence-electron chi connectivity index (χ4n) is 11.2. The van der Waals surface area contributed by atoms with Gasteiger partial charge in [-0.1, -0.05) is 103 Å². The van der Waals surface area contributed by atoms with Crippen LogP contribution in [0.3, 0.4) is 0 Å². The summed E-state index contributed by atoms with van der Waals surface area (Å²) in [6, 6.07) is 32.8. The lowest BCUT2D eigenvalue weighted by molar-refractivity contribution is -0.157. The third-order valence-electron chi connectivity index (χ3n) is 15.5. The molecule has 3 fully saturated rings. The van der Waals surface area contributed by atoms with Crippen molar-refractivity contribution in [1.29, 1.82) is 0 Å². The topological polar surface area (TPSA) is 216 Å². The number of morpholine rings is 1. The zero-order valence-electron chi connectivity index (χ0n) is 44.5. The second-order valence-electron chi connectivity index (χ2n) is 20.8. The molecule has 6 aromatic rings. The molecule has 6 amide bonds. The number of ether oxygens (including phenoxy) is 3. The van der Waals surface area contributed by atoms with Crippen LogP contribution in [0.1, 0.15) is 46.2 Å². The van der Waals surface area contributed by atoms with Crippen LogP contribution in [0.25, 0.3) is 10.9 Å². The molecule has 6 N–H and O–H groups in total. The number of aromatic nitrogens is 1. The van der Waals surface area contributed by atoms with Crippen molar-refractivity contribution < 1.29 is 43.0 Å². The van der Waals surface area contributed by atoms with E-state index in [1.807, 2.05) is 127 Å². The molecule has 18 nitrogen and oxygen atoms in total. The van der Waals surface area contributed by atoms with Crippen LogP contribution in [0.15, 0.2) is 134 Å². The average molecular weight is 1070 g/mol. The van der Waals surface area contributed by atoms with Crippen molar-refractivity contribution in [2.24, 2.45) is 0 Å². The normalized spacial score (nSPS) is 22.9. The molecule has 0 unspecified atom stereocenters. The molecule has 412 valence electrons. The Bertz CT molecular complexity index is 3100. The van der Waals surface area contributed by atoms with Gasteiger partial charge in [0, 0.05) is 75.8 Å². The summed E-state index contributed by atoms with van der Waals surface area (Å²) in [5.41, 5.74) is 5.87. The summed E-state index contributed by atoms with van der Waals surface area (Å²) in [5, 5.41) is 16.2. The number of piperazine rings is 1.